The zero-order chi connectivity index (χ0) is 24.1. The van der Waals surface area contributed by atoms with Crippen LogP contribution in [0.3, 0.4) is 0 Å². The minimum Gasteiger partial charge on any atom is -0.489 e. The Morgan fingerprint density at radius 3 is 2.21 bits per heavy atom. The third-order valence-electron chi connectivity index (χ3n) is 5.54. The fourth-order valence-electron chi connectivity index (χ4n) is 3.77. The number of hydrogen-bond acceptors (Lipinski definition) is 5. The van der Waals surface area contributed by atoms with Gasteiger partial charge in [0.2, 0.25) is 0 Å². The van der Waals surface area contributed by atoms with E-state index in [1.807, 2.05) is 30.3 Å². The molecule has 0 fully saturated rings. The molecule has 0 radical (unpaired) electrons. The third kappa shape index (κ3) is 4.99. The van der Waals surface area contributed by atoms with Crippen LogP contribution < -0.4 is 15.4 Å². The summed E-state index contributed by atoms with van der Waals surface area (Å²) in [5.74, 6) is 0.103. The second kappa shape index (κ2) is 10.0. The standard InChI is InChI=1S/C27H24N2O5/c1-17-23(25(30)20-6-4-3-5-7-20)24(29-27(32)28-17)19-12-14-22(15-13-19)34-16-18-8-10-21(11-9-18)26(31)33-2/h3-15,24H,16H2,1-2H3,(H2,28,29,32)/t24-/m1/s1. The molecule has 7 nitrogen and oxygen atoms in total. The minimum absolute atomic E-state index is 0.147. The van der Waals surface area contributed by atoms with Gasteiger partial charge in [0, 0.05) is 16.8 Å². The summed E-state index contributed by atoms with van der Waals surface area (Å²) in [6.45, 7) is 2.05. The number of carbonyl (C=O) groups is 3. The number of benzene rings is 3. The Bertz CT molecular complexity index is 1230. The van der Waals surface area contributed by atoms with Gasteiger partial charge >= 0.3 is 12.0 Å². The Hall–Kier alpha value is -4.39. The average Bonchev–Trinajstić information content (AvgIpc) is 2.87. The lowest BCUT2D eigenvalue weighted by Crippen LogP contribution is -2.45. The van der Waals surface area contributed by atoms with Gasteiger partial charge in [0.1, 0.15) is 12.4 Å². The van der Waals surface area contributed by atoms with E-state index in [2.05, 4.69) is 10.6 Å². The number of urea groups is 1. The Labute approximate surface area is 197 Å². The van der Waals surface area contributed by atoms with E-state index >= 15 is 0 Å². The van der Waals surface area contributed by atoms with Gasteiger partial charge in [-0.05, 0) is 42.3 Å². The number of ether oxygens (including phenoxy) is 2. The number of ketones is 1. The molecular weight excluding hydrogens is 432 g/mol. The van der Waals surface area contributed by atoms with Gasteiger partial charge in [-0.3, -0.25) is 4.79 Å². The Morgan fingerprint density at radius 1 is 0.882 bits per heavy atom. The zero-order valence-electron chi connectivity index (χ0n) is 18.8. The molecule has 0 aromatic heterocycles. The lowest BCUT2D eigenvalue weighted by atomic mass is 9.89. The molecule has 1 aliphatic rings. The molecule has 1 heterocycles. The van der Waals surface area contributed by atoms with Crippen molar-refractivity contribution in [3.05, 3.63) is 112 Å². The van der Waals surface area contributed by atoms with Gasteiger partial charge in [-0.1, -0.05) is 54.6 Å². The average molecular weight is 456 g/mol. The van der Waals surface area contributed by atoms with Gasteiger partial charge in [-0.15, -0.1) is 0 Å². The lowest BCUT2D eigenvalue weighted by molar-refractivity contribution is 0.0600. The SMILES string of the molecule is COC(=O)c1ccc(COc2ccc([C@H]3NC(=O)NC(C)=C3C(=O)c3ccccc3)cc2)cc1. The van der Waals surface area contributed by atoms with Crippen LogP contribution in [-0.4, -0.2) is 24.9 Å². The van der Waals surface area contributed by atoms with E-state index < -0.39 is 6.04 Å². The predicted molar refractivity (Wildman–Crippen MR) is 126 cm³/mol. The van der Waals surface area contributed by atoms with Gasteiger partial charge in [0.15, 0.2) is 5.78 Å². The number of esters is 1. The highest BCUT2D eigenvalue weighted by atomic mass is 16.5. The van der Waals surface area contributed by atoms with E-state index in [1.54, 1.807) is 55.5 Å². The summed E-state index contributed by atoms with van der Waals surface area (Å²) in [5.41, 5.74) is 3.71. The number of Topliss-reactive ketones (excluding diaryl/α,β-unsaturated/α-hetero) is 1. The van der Waals surface area contributed by atoms with E-state index in [4.69, 9.17) is 9.47 Å². The van der Waals surface area contributed by atoms with Crippen molar-refractivity contribution in [1.29, 1.82) is 0 Å². The van der Waals surface area contributed by atoms with Crippen LogP contribution >= 0.6 is 0 Å². The molecule has 1 atom stereocenters. The van der Waals surface area contributed by atoms with E-state index in [-0.39, 0.29) is 17.8 Å². The second-order valence-electron chi connectivity index (χ2n) is 7.81. The molecule has 0 bridgehead atoms. The first-order valence-electron chi connectivity index (χ1n) is 10.7. The van der Waals surface area contributed by atoms with Gasteiger partial charge in [0.25, 0.3) is 0 Å². The first-order valence-corrected chi connectivity index (χ1v) is 10.7. The summed E-state index contributed by atoms with van der Waals surface area (Å²) in [6.07, 6.45) is 0. The molecular formula is C27H24N2O5. The highest BCUT2D eigenvalue weighted by Crippen LogP contribution is 2.30. The maximum atomic E-state index is 13.2. The fraction of sp³-hybridized carbons (Fsp3) is 0.148. The number of allylic oxidation sites excluding steroid dienone is 1. The smallest absolute Gasteiger partial charge is 0.337 e. The number of rotatable bonds is 7. The van der Waals surface area contributed by atoms with Crippen molar-refractivity contribution < 1.29 is 23.9 Å². The lowest BCUT2D eigenvalue weighted by Gasteiger charge is -2.28. The van der Waals surface area contributed by atoms with Crippen molar-refractivity contribution in [3.63, 3.8) is 0 Å². The molecule has 7 heteroatoms. The van der Waals surface area contributed by atoms with Crippen molar-refractivity contribution in [2.45, 2.75) is 19.6 Å². The van der Waals surface area contributed by atoms with Gasteiger partial charge < -0.3 is 20.1 Å². The van der Waals surface area contributed by atoms with E-state index in [0.29, 0.717) is 34.8 Å². The first-order chi connectivity index (χ1) is 16.5. The number of nitrogens with one attached hydrogen (secondary N) is 2. The Balaban J connectivity index is 1.49. The number of amides is 2. The quantitative estimate of drug-likeness (QED) is 0.402. The first kappa shape index (κ1) is 22.8. The molecule has 0 unspecified atom stereocenters. The molecule has 0 saturated heterocycles. The van der Waals surface area contributed by atoms with Gasteiger partial charge in [0.05, 0.1) is 18.7 Å². The number of hydrogen-bond donors (Lipinski definition) is 2. The number of carbonyl (C=O) groups excluding carboxylic acids is 3. The van der Waals surface area contributed by atoms with Crippen LogP contribution in [0, 0.1) is 0 Å². The van der Waals surface area contributed by atoms with Gasteiger partial charge in [-0.2, -0.15) is 0 Å². The fourth-order valence-corrected chi connectivity index (χ4v) is 3.77. The summed E-state index contributed by atoms with van der Waals surface area (Å²) in [5, 5.41) is 5.55. The highest BCUT2D eigenvalue weighted by Gasteiger charge is 2.31. The molecule has 0 aliphatic carbocycles. The summed E-state index contributed by atoms with van der Waals surface area (Å²) >= 11 is 0. The summed E-state index contributed by atoms with van der Waals surface area (Å²) in [6, 6.07) is 22.3. The molecule has 3 aromatic rings. The maximum absolute atomic E-state index is 13.2. The molecule has 4 rings (SSSR count). The summed E-state index contributed by atoms with van der Waals surface area (Å²) < 4.78 is 10.6. The van der Waals surface area contributed by atoms with Crippen molar-refractivity contribution in [2.24, 2.45) is 0 Å². The van der Waals surface area contributed by atoms with E-state index in [0.717, 1.165) is 11.1 Å². The molecule has 2 amide bonds. The van der Waals surface area contributed by atoms with Crippen LogP contribution in [0.25, 0.3) is 0 Å². The van der Waals surface area contributed by atoms with Crippen molar-refractivity contribution >= 4 is 17.8 Å². The van der Waals surface area contributed by atoms with Crippen LogP contribution in [0.2, 0.25) is 0 Å². The van der Waals surface area contributed by atoms with Crippen LogP contribution in [0.1, 0.15) is 44.8 Å². The summed E-state index contributed by atoms with van der Waals surface area (Å²) in [7, 11) is 1.34. The van der Waals surface area contributed by atoms with Crippen LogP contribution in [0.5, 0.6) is 5.75 Å². The van der Waals surface area contributed by atoms with Crippen LogP contribution in [0.15, 0.2) is 90.1 Å². The zero-order valence-corrected chi connectivity index (χ0v) is 18.8. The highest BCUT2D eigenvalue weighted by molar-refractivity contribution is 6.11. The summed E-state index contributed by atoms with van der Waals surface area (Å²) in [4.78, 5) is 36.9. The van der Waals surface area contributed by atoms with E-state index in [1.165, 1.54) is 7.11 Å². The monoisotopic (exact) mass is 456 g/mol. The molecule has 34 heavy (non-hydrogen) atoms. The maximum Gasteiger partial charge on any atom is 0.337 e. The molecule has 0 spiro atoms. The normalized spacial score (nSPS) is 15.2. The molecule has 0 saturated carbocycles. The topological polar surface area (TPSA) is 93.7 Å². The molecule has 2 N–H and O–H groups in total. The third-order valence-corrected chi connectivity index (χ3v) is 5.54. The van der Waals surface area contributed by atoms with Crippen molar-refractivity contribution in [1.82, 2.24) is 10.6 Å². The van der Waals surface area contributed by atoms with Crippen molar-refractivity contribution in [3.8, 4) is 5.75 Å². The van der Waals surface area contributed by atoms with Crippen LogP contribution in [-0.2, 0) is 11.3 Å². The Kier molecular flexibility index (Phi) is 6.73. The van der Waals surface area contributed by atoms with E-state index in [9.17, 15) is 14.4 Å². The Morgan fingerprint density at radius 2 is 1.56 bits per heavy atom. The molecule has 3 aromatic carbocycles. The second-order valence-corrected chi connectivity index (χ2v) is 7.81. The largest absolute Gasteiger partial charge is 0.489 e. The molecule has 172 valence electrons. The van der Waals surface area contributed by atoms with Crippen LogP contribution in [0.4, 0.5) is 4.79 Å². The number of methoxy groups -OCH3 is 1. The minimum atomic E-state index is -0.582. The van der Waals surface area contributed by atoms with Gasteiger partial charge in [-0.25, -0.2) is 9.59 Å². The molecule has 1 aliphatic heterocycles. The predicted octanol–water partition coefficient (Wildman–Crippen LogP) is 4.56. The van der Waals surface area contributed by atoms with Crippen molar-refractivity contribution in [2.75, 3.05) is 7.11 Å².